The Bertz CT molecular complexity index is 848. The van der Waals surface area contributed by atoms with Crippen LogP contribution in [0.25, 0.3) is 12.2 Å². The highest BCUT2D eigenvalue weighted by atomic mass is 16.6. The van der Waals surface area contributed by atoms with Gasteiger partial charge in [-0.25, -0.2) is 0 Å². The van der Waals surface area contributed by atoms with Crippen molar-refractivity contribution in [2.45, 2.75) is 18.9 Å². The van der Waals surface area contributed by atoms with Crippen LogP contribution in [-0.2, 0) is 9.59 Å². The van der Waals surface area contributed by atoms with Crippen molar-refractivity contribution in [1.29, 1.82) is 0 Å². The van der Waals surface area contributed by atoms with E-state index in [4.69, 9.17) is 9.94 Å². The van der Waals surface area contributed by atoms with Gasteiger partial charge in [-0.05, 0) is 41.8 Å². The largest absolute Gasteiger partial charge is 0.508 e. The molecule has 0 radical (unpaired) electrons. The number of carboxylic acid groups (broad SMARTS) is 1. The summed E-state index contributed by atoms with van der Waals surface area (Å²) in [5.74, 6) is -1.34. The summed E-state index contributed by atoms with van der Waals surface area (Å²) < 4.78 is 0. The molecule has 8 heteroatoms. The average Bonchev–Trinajstić information content (AvgIpc) is 2.62. The Labute approximate surface area is 154 Å². The number of hydroxylamine groups is 1. The van der Waals surface area contributed by atoms with Crippen molar-refractivity contribution >= 4 is 24.4 Å². The summed E-state index contributed by atoms with van der Waals surface area (Å²) in [6.07, 6.45) is 3.73. The normalized spacial score (nSPS) is 12.0. The van der Waals surface area contributed by atoms with Gasteiger partial charge in [0.05, 0.1) is 6.04 Å². The molecule has 0 unspecified atom stereocenters. The number of hydrogen-bond acceptors (Lipinski definition) is 7. The van der Waals surface area contributed by atoms with E-state index in [9.17, 15) is 24.9 Å². The topological polar surface area (TPSA) is 136 Å². The fraction of sp³-hybridized carbons (Fsp3) is 0.158. The summed E-state index contributed by atoms with van der Waals surface area (Å²) in [7, 11) is 0. The van der Waals surface area contributed by atoms with Crippen LogP contribution < -0.4 is 10.3 Å². The summed E-state index contributed by atoms with van der Waals surface area (Å²) >= 11 is 0. The van der Waals surface area contributed by atoms with Crippen molar-refractivity contribution in [1.82, 2.24) is 5.48 Å². The van der Waals surface area contributed by atoms with Gasteiger partial charge in [0.25, 0.3) is 0 Å². The van der Waals surface area contributed by atoms with Gasteiger partial charge in [-0.3, -0.25) is 4.79 Å². The lowest BCUT2D eigenvalue weighted by Crippen LogP contribution is -2.33. The molecule has 142 valence electrons. The molecule has 27 heavy (non-hydrogen) atoms. The number of hydrogen-bond donors (Lipinski definition) is 5. The molecule has 1 atom stereocenters. The van der Waals surface area contributed by atoms with Crippen molar-refractivity contribution < 1.29 is 34.9 Å². The highest BCUT2D eigenvalue weighted by Gasteiger charge is 2.11. The molecule has 8 nitrogen and oxygen atoms in total. The van der Waals surface area contributed by atoms with E-state index in [2.05, 4.69) is 5.48 Å². The van der Waals surface area contributed by atoms with E-state index in [-0.39, 0.29) is 35.8 Å². The first kappa shape index (κ1) is 19.8. The van der Waals surface area contributed by atoms with E-state index in [1.165, 1.54) is 24.3 Å². The molecule has 0 fully saturated rings. The van der Waals surface area contributed by atoms with E-state index in [0.717, 1.165) is 0 Å². The molecule has 0 aliphatic heterocycles. The second-order valence-electron chi connectivity index (χ2n) is 5.74. The molecule has 0 bridgehead atoms. The molecular formula is C19H19NO7. The van der Waals surface area contributed by atoms with Gasteiger partial charge in [-0.15, -0.1) is 5.48 Å². The number of nitrogens with one attached hydrogen (secondary N) is 1. The zero-order valence-electron chi connectivity index (χ0n) is 14.2. The van der Waals surface area contributed by atoms with Crippen LogP contribution in [0.1, 0.15) is 24.0 Å². The van der Waals surface area contributed by atoms with E-state index in [1.807, 2.05) is 0 Å². The van der Waals surface area contributed by atoms with Crippen LogP contribution in [0.5, 0.6) is 23.0 Å². The number of phenolic OH excluding ortho intramolecular Hbond substituents is 3. The van der Waals surface area contributed by atoms with Gasteiger partial charge in [0.15, 0.2) is 17.2 Å². The number of carbonyl (C=O) groups excluding carboxylic acids is 1. The zero-order chi connectivity index (χ0) is 19.8. The van der Waals surface area contributed by atoms with Crippen molar-refractivity contribution in [3.8, 4) is 23.0 Å². The van der Waals surface area contributed by atoms with Crippen molar-refractivity contribution in [2.75, 3.05) is 0 Å². The van der Waals surface area contributed by atoms with Crippen LogP contribution in [0.3, 0.4) is 0 Å². The number of aromatic hydroxyl groups is 3. The van der Waals surface area contributed by atoms with Crippen LogP contribution in [-0.4, -0.2) is 38.7 Å². The van der Waals surface area contributed by atoms with Gasteiger partial charge in [-0.2, -0.15) is 0 Å². The standard InChI is InChI=1S/C19H19NO7/c21-11-14(4-6-19(25)26)20-27-16-8-13(7-15(22)10-16)2-1-12-3-5-17(23)18(24)9-12/h1-3,5,7-11,14,20,22-24H,4,6H2,(H,25,26)/t14-/m0/s1. The first-order valence-corrected chi connectivity index (χ1v) is 8.01. The van der Waals surface area contributed by atoms with Gasteiger partial charge >= 0.3 is 5.97 Å². The van der Waals surface area contributed by atoms with Crippen LogP contribution in [0.2, 0.25) is 0 Å². The Balaban J connectivity index is 2.06. The predicted molar refractivity (Wildman–Crippen MR) is 97.3 cm³/mol. The predicted octanol–water partition coefficient (Wildman–Crippen LogP) is 2.29. The number of aldehydes is 1. The molecule has 2 aromatic carbocycles. The van der Waals surface area contributed by atoms with Crippen LogP contribution in [0.15, 0.2) is 36.4 Å². The SMILES string of the molecule is O=C[C@H](CCC(=O)O)NOc1cc(O)cc(C=Cc2ccc(O)c(O)c2)c1. The highest BCUT2D eigenvalue weighted by molar-refractivity contribution is 5.72. The smallest absolute Gasteiger partial charge is 0.303 e. The summed E-state index contributed by atoms with van der Waals surface area (Å²) in [5.41, 5.74) is 3.66. The van der Waals surface area contributed by atoms with Crippen LogP contribution >= 0.6 is 0 Å². The summed E-state index contributed by atoms with van der Waals surface area (Å²) in [4.78, 5) is 26.8. The van der Waals surface area contributed by atoms with E-state index >= 15 is 0 Å². The van der Waals surface area contributed by atoms with Gasteiger partial charge in [0, 0.05) is 12.5 Å². The third-order valence-electron chi connectivity index (χ3n) is 3.54. The molecule has 0 saturated heterocycles. The number of carboxylic acids is 1. The molecule has 0 amide bonds. The second kappa shape index (κ2) is 9.25. The summed E-state index contributed by atoms with van der Waals surface area (Å²) in [5, 5.41) is 37.3. The van der Waals surface area contributed by atoms with Gasteiger partial charge in [-0.1, -0.05) is 18.2 Å². The number of carbonyl (C=O) groups is 2. The highest BCUT2D eigenvalue weighted by Crippen LogP contribution is 2.27. The first-order chi connectivity index (χ1) is 12.9. The molecule has 0 heterocycles. The van der Waals surface area contributed by atoms with Crippen LogP contribution in [0.4, 0.5) is 0 Å². The minimum atomic E-state index is -1.02. The van der Waals surface area contributed by atoms with Crippen molar-refractivity contribution in [3.63, 3.8) is 0 Å². The Kier molecular flexibility index (Phi) is 6.79. The third-order valence-corrected chi connectivity index (χ3v) is 3.54. The minimum absolute atomic E-state index is 0.0642. The maximum atomic E-state index is 10.9. The maximum absolute atomic E-state index is 10.9. The fourth-order valence-electron chi connectivity index (χ4n) is 2.17. The molecular weight excluding hydrogens is 354 g/mol. The fourth-order valence-corrected chi connectivity index (χ4v) is 2.17. The second-order valence-corrected chi connectivity index (χ2v) is 5.74. The number of rotatable bonds is 9. The lowest BCUT2D eigenvalue weighted by Gasteiger charge is -2.13. The molecule has 2 rings (SSSR count). The summed E-state index contributed by atoms with van der Waals surface area (Å²) in [6.45, 7) is 0. The minimum Gasteiger partial charge on any atom is -0.508 e. The van der Waals surface area contributed by atoms with E-state index < -0.39 is 12.0 Å². The van der Waals surface area contributed by atoms with Gasteiger partial charge < -0.3 is 30.1 Å². The Morgan fingerprint density at radius 2 is 1.78 bits per heavy atom. The molecule has 2 aromatic rings. The number of aliphatic carboxylic acids is 1. The van der Waals surface area contributed by atoms with E-state index in [1.54, 1.807) is 24.3 Å². The Morgan fingerprint density at radius 3 is 2.44 bits per heavy atom. The lowest BCUT2D eigenvalue weighted by molar-refractivity contribution is -0.137. The third kappa shape index (κ3) is 6.37. The lowest BCUT2D eigenvalue weighted by atomic mass is 10.1. The number of phenols is 3. The zero-order valence-corrected chi connectivity index (χ0v) is 14.2. The molecule has 0 spiro atoms. The molecule has 0 aliphatic rings. The maximum Gasteiger partial charge on any atom is 0.303 e. The van der Waals surface area contributed by atoms with Crippen molar-refractivity contribution in [2.24, 2.45) is 0 Å². The number of benzene rings is 2. The molecule has 5 N–H and O–H groups in total. The monoisotopic (exact) mass is 373 g/mol. The summed E-state index contributed by atoms with van der Waals surface area (Å²) in [6, 6.07) is 7.92. The van der Waals surface area contributed by atoms with Crippen LogP contribution in [0, 0.1) is 0 Å². The Morgan fingerprint density at radius 1 is 1.04 bits per heavy atom. The molecule has 0 saturated carbocycles. The average molecular weight is 373 g/mol. The van der Waals surface area contributed by atoms with Gasteiger partial charge in [0.2, 0.25) is 0 Å². The van der Waals surface area contributed by atoms with Crippen molar-refractivity contribution in [3.05, 3.63) is 47.5 Å². The molecule has 0 aliphatic carbocycles. The quantitative estimate of drug-likeness (QED) is 0.195. The Hall–Kier alpha value is -3.52. The van der Waals surface area contributed by atoms with Gasteiger partial charge in [0.1, 0.15) is 12.0 Å². The van der Waals surface area contributed by atoms with E-state index in [0.29, 0.717) is 17.4 Å². The first-order valence-electron chi connectivity index (χ1n) is 8.01. The molecule has 0 aromatic heterocycles.